The zero-order chi connectivity index (χ0) is 15.3. The Morgan fingerprint density at radius 2 is 1.95 bits per heavy atom. The number of benzene rings is 1. The van der Waals surface area contributed by atoms with Gasteiger partial charge >= 0.3 is 0 Å². The average molecular weight is 289 g/mol. The molecule has 0 aromatic heterocycles. The molecule has 116 valence electrons. The number of amides is 1. The van der Waals surface area contributed by atoms with Gasteiger partial charge in [-0.15, -0.1) is 0 Å². The van der Waals surface area contributed by atoms with Crippen molar-refractivity contribution in [1.82, 2.24) is 10.2 Å². The third-order valence-corrected chi connectivity index (χ3v) is 4.54. The summed E-state index contributed by atoms with van der Waals surface area (Å²) in [4.78, 5) is 14.4. The summed E-state index contributed by atoms with van der Waals surface area (Å²) in [5.41, 5.74) is 7.32. The molecule has 21 heavy (non-hydrogen) atoms. The molecule has 2 rings (SSSR count). The fourth-order valence-electron chi connectivity index (χ4n) is 2.74. The monoisotopic (exact) mass is 289 g/mol. The van der Waals surface area contributed by atoms with Gasteiger partial charge in [-0.25, -0.2) is 0 Å². The molecule has 1 amide bonds. The van der Waals surface area contributed by atoms with Crippen LogP contribution in [0.1, 0.15) is 37.8 Å². The summed E-state index contributed by atoms with van der Waals surface area (Å²) in [5, 5.41) is 3.07. The molecule has 1 heterocycles. The predicted molar refractivity (Wildman–Crippen MR) is 85.8 cm³/mol. The summed E-state index contributed by atoms with van der Waals surface area (Å²) in [6.45, 7) is 5.23. The fourth-order valence-corrected chi connectivity index (χ4v) is 2.74. The highest BCUT2D eigenvalue weighted by Crippen LogP contribution is 2.29. The Hall–Kier alpha value is -1.39. The van der Waals surface area contributed by atoms with Gasteiger partial charge in [-0.1, -0.05) is 37.3 Å². The Bertz CT molecular complexity index is 452. The Morgan fingerprint density at radius 3 is 2.57 bits per heavy atom. The molecule has 1 aliphatic heterocycles. The molecular weight excluding hydrogens is 262 g/mol. The molecule has 0 saturated carbocycles. The Labute approximate surface area is 127 Å². The number of likely N-dealkylation sites (tertiary alicyclic amines) is 1. The zero-order valence-electron chi connectivity index (χ0n) is 13.1. The van der Waals surface area contributed by atoms with Crippen molar-refractivity contribution in [3.8, 4) is 0 Å². The zero-order valence-corrected chi connectivity index (χ0v) is 13.1. The van der Waals surface area contributed by atoms with Crippen molar-refractivity contribution < 1.29 is 4.79 Å². The number of nitrogens with two attached hydrogens (primary N) is 1. The minimum Gasteiger partial charge on any atom is -0.355 e. The number of hydrogen-bond acceptors (Lipinski definition) is 3. The fraction of sp³-hybridized carbons (Fsp3) is 0.588. The maximum absolute atomic E-state index is 12.1. The molecule has 1 aliphatic rings. The number of nitrogens with zero attached hydrogens (tertiary/aromatic N) is 1. The van der Waals surface area contributed by atoms with Crippen molar-refractivity contribution in [2.75, 3.05) is 26.7 Å². The van der Waals surface area contributed by atoms with E-state index in [1.165, 1.54) is 0 Å². The maximum atomic E-state index is 12.1. The number of carbonyl (C=O) groups is 1. The average Bonchev–Trinajstić information content (AvgIpc) is 2.50. The summed E-state index contributed by atoms with van der Waals surface area (Å²) in [6, 6.07) is 9.57. The van der Waals surface area contributed by atoms with Crippen LogP contribution in [0.2, 0.25) is 0 Å². The van der Waals surface area contributed by atoms with Crippen molar-refractivity contribution in [2.45, 2.75) is 32.2 Å². The second-order valence-electron chi connectivity index (χ2n) is 6.61. The number of piperidine rings is 1. The van der Waals surface area contributed by atoms with Gasteiger partial charge in [0.15, 0.2) is 0 Å². The van der Waals surface area contributed by atoms with Crippen LogP contribution in [-0.2, 0) is 4.79 Å². The Morgan fingerprint density at radius 1 is 1.33 bits per heavy atom. The SMILES string of the molecule is CN1CCC(C)(CNC(=O)CC(N)c2ccccc2)CC1. The van der Waals surface area contributed by atoms with Crippen LogP contribution in [0.15, 0.2) is 30.3 Å². The lowest BCUT2D eigenvalue weighted by Gasteiger charge is -2.38. The van der Waals surface area contributed by atoms with E-state index < -0.39 is 0 Å². The van der Waals surface area contributed by atoms with Gasteiger partial charge in [0.05, 0.1) is 0 Å². The molecule has 4 heteroatoms. The first kappa shape index (κ1) is 16.0. The quantitative estimate of drug-likeness (QED) is 0.871. The van der Waals surface area contributed by atoms with Crippen LogP contribution in [-0.4, -0.2) is 37.5 Å². The molecule has 1 aromatic rings. The standard InChI is InChI=1S/C17H27N3O/c1-17(8-10-20(2)11-9-17)13-19-16(21)12-15(18)14-6-4-3-5-7-14/h3-7,15H,8-13,18H2,1-2H3,(H,19,21). The van der Waals surface area contributed by atoms with E-state index in [1.54, 1.807) is 0 Å². The third kappa shape index (κ3) is 4.83. The molecule has 1 atom stereocenters. The highest BCUT2D eigenvalue weighted by molar-refractivity contribution is 5.76. The van der Waals surface area contributed by atoms with Crippen LogP contribution < -0.4 is 11.1 Å². The molecule has 0 bridgehead atoms. The lowest BCUT2D eigenvalue weighted by molar-refractivity contribution is -0.122. The van der Waals surface area contributed by atoms with Gasteiger partial charge in [-0.2, -0.15) is 0 Å². The molecule has 1 unspecified atom stereocenters. The van der Waals surface area contributed by atoms with E-state index in [4.69, 9.17) is 5.73 Å². The van der Waals surface area contributed by atoms with E-state index in [-0.39, 0.29) is 17.4 Å². The number of nitrogens with one attached hydrogen (secondary N) is 1. The van der Waals surface area contributed by atoms with E-state index in [2.05, 4.69) is 24.2 Å². The minimum absolute atomic E-state index is 0.0477. The number of hydrogen-bond donors (Lipinski definition) is 2. The van der Waals surface area contributed by atoms with Crippen LogP contribution in [0.25, 0.3) is 0 Å². The van der Waals surface area contributed by atoms with Gasteiger partial charge in [0.1, 0.15) is 0 Å². The molecule has 0 radical (unpaired) electrons. The summed E-state index contributed by atoms with van der Waals surface area (Å²) in [6.07, 6.45) is 2.61. The lowest BCUT2D eigenvalue weighted by atomic mass is 9.80. The van der Waals surface area contributed by atoms with Gasteiger partial charge in [-0.05, 0) is 44.0 Å². The second-order valence-corrected chi connectivity index (χ2v) is 6.61. The highest BCUT2D eigenvalue weighted by Gasteiger charge is 2.29. The van der Waals surface area contributed by atoms with Crippen LogP contribution >= 0.6 is 0 Å². The molecule has 3 N–H and O–H groups in total. The van der Waals surface area contributed by atoms with Gasteiger partial charge in [-0.3, -0.25) is 4.79 Å². The molecule has 4 nitrogen and oxygen atoms in total. The molecule has 0 spiro atoms. The van der Waals surface area contributed by atoms with Gasteiger partial charge < -0.3 is 16.0 Å². The molecule has 1 fully saturated rings. The number of rotatable bonds is 5. The van der Waals surface area contributed by atoms with E-state index >= 15 is 0 Å². The first-order valence-electron chi connectivity index (χ1n) is 7.74. The van der Waals surface area contributed by atoms with Crippen LogP contribution in [0.5, 0.6) is 0 Å². The first-order valence-corrected chi connectivity index (χ1v) is 7.74. The topological polar surface area (TPSA) is 58.4 Å². The van der Waals surface area contributed by atoms with E-state index in [0.717, 1.165) is 38.0 Å². The van der Waals surface area contributed by atoms with Gasteiger partial charge in [0.2, 0.25) is 5.91 Å². The largest absolute Gasteiger partial charge is 0.355 e. The summed E-state index contributed by atoms with van der Waals surface area (Å²) in [7, 11) is 2.15. The normalized spacial score (nSPS) is 20.0. The predicted octanol–water partition coefficient (Wildman–Crippen LogP) is 1.92. The summed E-state index contributed by atoms with van der Waals surface area (Å²) in [5.74, 6) is 0.0477. The van der Waals surface area contributed by atoms with Crippen molar-refractivity contribution in [3.05, 3.63) is 35.9 Å². The second kappa shape index (κ2) is 7.05. The Balaban J connectivity index is 1.77. The van der Waals surface area contributed by atoms with Crippen LogP contribution in [0.4, 0.5) is 0 Å². The molecule has 1 aromatic carbocycles. The molecule has 0 aliphatic carbocycles. The lowest BCUT2D eigenvalue weighted by Crippen LogP contribution is -2.43. The van der Waals surface area contributed by atoms with Crippen molar-refractivity contribution in [2.24, 2.45) is 11.1 Å². The van der Waals surface area contributed by atoms with Gasteiger partial charge in [0, 0.05) is 19.0 Å². The smallest absolute Gasteiger partial charge is 0.221 e. The number of carbonyl (C=O) groups excluding carboxylic acids is 1. The van der Waals surface area contributed by atoms with Crippen LogP contribution in [0, 0.1) is 5.41 Å². The summed E-state index contributed by atoms with van der Waals surface area (Å²) >= 11 is 0. The molecule has 1 saturated heterocycles. The van der Waals surface area contributed by atoms with Crippen LogP contribution in [0.3, 0.4) is 0 Å². The van der Waals surface area contributed by atoms with Crippen molar-refractivity contribution in [1.29, 1.82) is 0 Å². The minimum atomic E-state index is -0.225. The van der Waals surface area contributed by atoms with E-state index in [0.29, 0.717) is 6.42 Å². The third-order valence-electron chi connectivity index (χ3n) is 4.54. The van der Waals surface area contributed by atoms with Crippen molar-refractivity contribution >= 4 is 5.91 Å². The first-order chi connectivity index (χ1) is 9.98. The van der Waals surface area contributed by atoms with E-state index in [1.807, 2.05) is 30.3 Å². The van der Waals surface area contributed by atoms with Gasteiger partial charge in [0.25, 0.3) is 0 Å². The maximum Gasteiger partial charge on any atom is 0.221 e. The summed E-state index contributed by atoms with van der Waals surface area (Å²) < 4.78 is 0. The molecular formula is C17H27N3O. The van der Waals surface area contributed by atoms with Crippen molar-refractivity contribution in [3.63, 3.8) is 0 Å². The Kier molecular flexibility index (Phi) is 5.37. The highest BCUT2D eigenvalue weighted by atomic mass is 16.1. The van der Waals surface area contributed by atoms with E-state index in [9.17, 15) is 4.79 Å².